The van der Waals surface area contributed by atoms with Gasteiger partial charge in [-0.2, -0.15) is 15.3 Å². The van der Waals surface area contributed by atoms with Gasteiger partial charge >= 0.3 is 0 Å². The lowest BCUT2D eigenvalue weighted by Crippen LogP contribution is -2.27. The number of nitrogens with one attached hydrogen (secondary N) is 1. The molecule has 0 saturated heterocycles. The smallest absolute Gasteiger partial charge is 0.270 e. The van der Waals surface area contributed by atoms with Gasteiger partial charge in [-0.1, -0.05) is 41.9 Å². The number of benzene rings is 2. The van der Waals surface area contributed by atoms with Gasteiger partial charge in [-0.05, 0) is 24.3 Å². The van der Waals surface area contributed by atoms with Crippen LogP contribution in [0.5, 0.6) is 0 Å². The number of hydrogen-bond donors (Lipinski definition) is 1. The van der Waals surface area contributed by atoms with Crippen LogP contribution in [0.2, 0.25) is 5.02 Å². The molecule has 0 aliphatic carbocycles. The van der Waals surface area contributed by atoms with Gasteiger partial charge < -0.3 is 0 Å². The SMILES string of the molecule is O=C1NN=C(c2ccccc2)C1N=Nc1ccc(Cl)cc1. The van der Waals surface area contributed by atoms with Crippen molar-refractivity contribution in [3.63, 3.8) is 0 Å². The van der Waals surface area contributed by atoms with Gasteiger partial charge in [0, 0.05) is 10.6 Å². The topological polar surface area (TPSA) is 66.2 Å². The normalized spacial score (nSPS) is 17.9. The van der Waals surface area contributed by atoms with Crippen LogP contribution in [0.1, 0.15) is 5.56 Å². The van der Waals surface area contributed by atoms with Crippen LogP contribution in [0.3, 0.4) is 0 Å². The average molecular weight is 299 g/mol. The molecule has 2 aromatic rings. The highest BCUT2D eigenvalue weighted by atomic mass is 35.5. The Morgan fingerprint density at radius 3 is 2.48 bits per heavy atom. The lowest BCUT2D eigenvalue weighted by atomic mass is 10.0. The third-order valence-electron chi connectivity index (χ3n) is 2.98. The second kappa shape index (κ2) is 5.85. The Kier molecular flexibility index (Phi) is 3.75. The first-order valence-corrected chi connectivity index (χ1v) is 6.71. The molecule has 2 aromatic carbocycles. The molecule has 1 N–H and O–H groups in total. The molecule has 5 nitrogen and oxygen atoms in total. The van der Waals surface area contributed by atoms with E-state index in [0.29, 0.717) is 16.4 Å². The number of carbonyl (C=O) groups is 1. The van der Waals surface area contributed by atoms with E-state index in [1.54, 1.807) is 24.3 Å². The molecule has 21 heavy (non-hydrogen) atoms. The summed E-state index contributed by atoms with van der Waals surface area (Å²) in [6.07, 6.45) is 0. The van der Waals surface area contributed by atoms with Crippen LogP contribution >= 0.6 is 11.6 Å². The molecule has 1 aliphatic heterocycles. The zero-order chi connectivity index (χ0) is 14.7. The highest BCUT2D eigenvalue weighted by molar-refractivity contribution is 6.30. The Bertz CT molecular complexity index is 710. The molecular weight excluding hydrogens is 288 g/mol. The van der Waals surface area contributed by atoms with E-state index < -0.39 is 6.04 Å². The van der Waals surface area contributed by atoms with Gasteiger partial charge in [-0.15, -0.1) is 0 Å². The number of amides is 1. The van der Waals surface area contributed by atoms with Crippen LogP contribution in [-0.4, -0.2) is 17.7 Å². The molecule has 0 radical (unpaired) electrons. The van der Waals surface area contributed by atoms with E-state index in [1.807, 2.05) is 30.3 Å². The minimum atomic E-state index is -0.733. The van der Waals surface area contributed by atoms with Crippen LogP contribution in [0.15, 0.2) is 69.9 Å². The Labute approximate surface area is 126 Å². The van der Waals surface area contributed by atoms with Crippen LogP contribution in [0.4, 0.5) is 5.69 Å². The maximum absolute atomic E-state index is 11.8. The zero-order valence-electron chi connectivity index (χ0n) is 10.9. The summed E-state index contributed by atoms with van der Waals surface area (Å²) >= 11 is 5.81. The van der Waals surface area contributed by atoms with Crippen LogP contribution in [-0.2, 0) is 4.79 Å². The largest absolute Gasteiger partial charge is 0.273 e. The van der Waals surface area contributed by atoms with Gasteiger partial charge in [0.1, 0.15) is 5.71 Å². The number of halogens is 1. The molecule has 0 saturated carbocycles. The Morgan fingerprint density at radius 2 is 1.76 bits per heavy atom. The summed E-state index contributed by atoms with van der Waals surface area (Å²) < 4.78 is 0. The molecule has 6 heteroatoms. The average Bonchev–Trinajstić information content (AvgIpc) is 2.89. The number of hydrazone groups is 1. The molecule has 1 heterocycles. The maximum atomic E-state index is 11.8. The third kappa shape index (κ3) is 2.98. The fraction of sp³-hybridized carbons (Fsp3) is 0.0667. The van der Waals surface area contributed by atoms with E-state index in [-0.39, 0.29) is 5.91 Å². The molecule has 1 unspecified atom stereocenters. The molecule has 0 bridgehead atoms. The number of nitrogens with zero attached hydrogens (tertiary/aromatic N) is 3. The van der Waals surface area contributed by atoms with Gasteiger partial charge in [-0.25, -0.2) is 5.43 Å². The highest BCUT2D eigenvalue weighted by Gasteiger charge is 2.30. The fourth-order valence-electron chi connectivity index (χ4n) is 1.93. The quantitative estimate of drug-likeness (QED) is 0.868. The summed E-state index contributed by atoms with van der Waals surface area (Å²) in [6, 6.07) is 15.6. The summed E-state index contributed by atoms with van der Waals surface area (Å²) in [7, 11) is 0. The van der Waals surface area contributed by atoms with E-state index >= 15 is 0 Å². The first kappa shape index (κ1) is 13.5. The number of azo groups is 1. The zero-order valence-corrected chi connectivity index (χ0v) is 11.7. The number of rotatable bonds is 3. The predicted molar refractivity (Wildman–Crippen MR) is 80.9 cm³/mol. The van der Waals surface area contributed by atoms with Crippen LogP contribution < -0.4 is 5.43 Å². The summed E-state index contributed by atoms with van der Waals surface area (Å²) in [5.74, 6) is -0.286. The van der Waals surface area contributed by atoms with Crippen molar-refractivity contribution in [2.24, 2.45) is 15.3 Å². The standard InChI is InChI=1S/C15H11ClN4O/c16-11-6-8-12(9-7-11)17-19-14-13(18-20-15(14)21)10-4-2-1-3-5-10/h1-9,14H,(H,20,21). The fourth-order valence-corrected chi connectivity index (χ4v) is 2.06. The van der Waals surface area contributed by atoms with Gasteiger partial charge in [0.05, 0.1) is 5.69 Å². The first-order chi connectivity index (χ1) is 10.2. The molecular formula is C15H11ClN4O. The Morgan fingerprint density at radius 1 is 1.05 bits per heavy atom. The van der Waals surface area contributed by atoms with Crippen molar-refractivity contribution in [3.05, 3.63) is 65.2 Å². The molecule has 0 fully saturated rings. The number of carbonyl (C=O) groups excluding carboxylic acids is 1. The van der Waals surface area contributed by atoms with E-state index in [4.69, 9.17) is 11.6 Å². The minimum absolute atomic E-state index is 0.286. The lowest BCUT2D eigenvalue weighted by molar-refractivity contribution is -0.120. The van der Waals surface area contributed by atoms with Gasteiger partial charge in [0.25, 0.3) is 5.91 Å². The molecule has 1 amide bonds. The lowest BCUT2D eigenvalue weighted by Gasteiger charge is -2.04. The monoisotopic (exact) mass is 298 g/mol. The van der Waals surface area contributed by atoms with E-state index in [0.717, 1.165) is 5.56 Å². The van der Waals surface area contributed by atoms with Crippen LogP contribution in [0, 0.1) is 0 Å². The number of hydrogen-bond acceptors (Lipinski definition) is 4. The van der Waals surface area contributed by atoms with Gasteiger partial charge in [-0.3, -0.25) is 4.79 Å². The van der Waals surface area contributed by atoms with E-state index in [2.05, 4.69) is 20.8 Å². The summed E-state index contributed by atoms with van der Waals surface area (Å²) in [5, 5.41) is 12.8. The van der Waals surface area contributed by atoms with Crippen molar-refractivity contribution in [2.75, 3.05) is 0 Å². The second-order valence-corrected chi connectivity index (χ2v) is 4.87. The van der Waals surface area contributed by atoms with Crippen molar-refractivity contribution in [3.8, 4) is 0 Å². The maximum Gasteiger partial charge on any atom is 0.273 e. The molecule has 1 atom stereocenters. The van der Waals surface area contributed by atoms with Gasteiger partial charge in [0.15, 0.2) is 6.04 Å². The van der Waals surface area contributed by atoms with Crippen molar-refractivity contribution in [1.82, 2.24) is 5.43 Å². The Hall–Kier alpha value is -2.53. The summed E-state index contributed by atoms with van der Waals surface area (Å²) in [6.45, 7) is 0. The third-order valence-corrected chi connectivity index (χ3v) is 3.23. The van der Waals surface area contributed by atoms with E-state index in [1.165, 1.54) is 0 Å². The first-order valence-electron chi connectivity index (χ1n) is 6.33. The van der Waals surface area contributed by atoms with Crippen molar-refractivity contribution in [2.45, 2.75) is 6.04 Å². The van der Waals surface area contributed by atoms with Crippen LogP contribution in [0.25, 0.3) is 0 Å². The summed E-state index contributed by atoms with van der Waals surface area (Å²) in [5.41, 5.74) is 4.48. The molecule has 0 aromatic heterocycles. The molecule has 0 spiro atoms. The summed E-state index contributed by atoms with van der Waals surface area (Å²) in [4.78, 5) is 11.8. The second-order valence-electron chi connectivity index (χ2n) is 4.43. The highest BCUT2D eigenvalue weighted by Crippen LogP contribution is 2.19. The predicted octanol–water partition coefficient (Wildman–Crippen LogP) is 3.33. The van der Waals surface area contributed by atoms with Gasteiger partial charge in [0.2, 0.25) is 0 Å². The minimum Gasteiger partial charge on any atom is -0.270 e. The molecule has 104 valence electrons. The Balaban J connectivity index is 1.84. The molecule has 3 rings (SSSR count). The van der Waals surface area contributed by atoms with E-state index in [9.17, 15) is 4.79 Å². The van der Waals surface area contributed by atoms with Crippen molar-refractivity contribution in [1.29, 1.82) is 0 Å². The van der Waals surface area contributed by atoms with Crippen molar-refractivity contribution >= 4 is 28.9 Å². The molecule has 1 aliphatic rings. The van der Waals surface area contributed by atoms with Crippen molar-refractivity contribution < 1.29 is 4.79 Å².